The second kappa shape index (κ2) is 9.48. The molecule has 5 nitrogen and oxygen atoms in total. The number of nitrogens with zero attached hydrogens (tertiary/aromatic N) is 2. The molecule has 0 spiro atoms. The molecule has 2 aromatic carbocycles. The molecule has 0 bridgehead atoms. The fourth-order valence-corrected chi connectivity index (χ4v) is 4.05. The van der Waals surface area contributed by atoms with Gasteiger partial charge in [-0.1, -0.05) is 23.7 Å². The van der Waals surface area contributed by atoms with Crippen LogP contribution in [-0.4, -0.2) is 41.4 Å². The molecule has 2 aromatic rings. The van der Waals surface area contributed by atoms with Gasteiger partial charge in [0.05, 0.1) is 11.3 Å². The van der Waals surface area contributed by atoms with Crippen LogP contribution in [0.1, 0.15) is 24.0 Å². The molecule has 10 heteroatoms. The van der Waals surface area contributed by atoms with Gasteiger partial charge in [-0.25, -0.2) is 4.79 Å². The molecule has 3 rings (SSSR count). The van der Waals surface area contributed by atoms with Crippen molar-refractivity contribution in [1.29, 1.82) is 0 Å². The Labute approximate surface area is 191 Å². The lowest BCUT2D eigenvalue weighted by Crippen LogP contribution is -2.47. The standard InChI is InChI=1S/C21H20BrClF3N3O2/c1-28(12-13-4-7-15(23)8-5-13)19(30)18-3-2-10-29(18)20(31)27-17-9-6-14(11-16(17)22)21(24,25)26/h4-9,11,18H,2-3,10,12H2,1H3,(H,27,31). The van der Waals surface area contributed by atoms with E-state index in [0.29, 0.717) is 31.0 Å². The van der Waals surface area contributed by atoms with Crippen LogP contribution in [0.4, 0.5) is 23.7 Å². The number of amides is 3. The number of urea groups is 1. The summed E-state index contributed by atoms with van der Waals surface area (Å²) in [6.45, 7) is 0.752. The summed E-state index contributed by atoms with van der Waals surface area (Å²) in [5.41, 5.74) is 0.281. The third-order valence-corrected chi connectivity index (χ3v) is 5.95. The van der Waals surface area contributed by atoms with E-state index in [1.54, 1.807) is 24.1 Å². The van der Waals surface area contributed by atoms with Gasteiger partial charge in [-0.2, -0.15) is 13.2 Å². The Kier molecular flexibility index (Phi) is 7.16. The molecule has 1 heterocycles. The Bertz CT molecular complexity index is 969. The number of carbonyl (C=O) groups is 2. The number of benzene rings is 2. The van der Waals surface area contributed by atoms with Gasteiger partial charge in [-0.15, -0.1) is 0 Å². The molecule has 0 saturated carbocycles. The van der Waals surface area contributed by atoms with E-state index in [4.69, 9.17) is 11.6 Å². The van der Waals surface area contributed by atoms with Gasteiger partial charge in [0.15, 0.2) is 0 Å². The highest BCUT2D eigenvalue weighted by molar-refractivity contribution is 9.10. The largest absolute Gasteiger partial charge is 0.416 e. The van der Waals surface area contributed by atoms with Gasteiger partial charge in [-0.05, 0) is 64.7 Å². The molecule has 1 aliphatic heterocycles. The first-order chi connectivity index (χ1) is 14.6. The Morgan fingerprint density at radius 2 is 1.90 bits per heavy atom. The highest BCUT2D eigenvalue weighted by atomic mass is 79.9. The van der Waals surface area contributed by atoms with Crippen LogP contribution in [0.5, 0.6) is 0 Å². The van der Waals surface area contributed by atoms with Crippen molar-refractivity contribution in [1.82, 2.24) is 9.80 Å². The maximum Gasteiger partial charge on any atom is 0.416 e. The lowest BCUT2D eigenvalue weighted by Gasteiger charge is -2.28. The molecular formula is C21H20BrClF3N3O2. The number of hydrogen-bond donors (Lipinski definition) is 1. The van der Waals surface area contributed by atoms with E-state index in [1.165, 1.54) is 11.0 Å². The zero-order valence-corrected chi connectivity index (χ0v) is 18.9. The van der Waals surface area contributed by atoms with Crippen LogP contribution in [0, 0.1) is 0 Å². The summed E-state index contributed by atoms with van der Waals surface area (Å²) < 4.78 is 38.6. The number of rotatable bonds is 4. The van der Waals surface area contributed by atoms with E-state index in [1.807, 2.05) is 12.1 Å². The van der Waals surface area contributed by atoms with Gasteiger partial charge in [0.25, 0.3) is 0 Å². The van der Waals surface area contributed by atoms with E-state index >= 15 is 0 Å². The number of likely N-dealkylation sites (N-methyl/N-ethyl adjacent to an activating group) is 1. The SMILES string of the molecule is CN(Cc1ccc(Cl)cc1)C(=O)C1CCCN1C(=O)Nc1ccc(C(F)(F)F)cc1Br. The molecule has 1 atom stereocenters. The lowest BCUT2D eigenvalue weighted by molar-refractivity contribution is -0.137. The van der Waals surface area contributed by atoms with Gasteiger partial charge in [0, 0.05) is 29.6 Å². The number of hydrogen-bond acceptors (Lipinski definition) is 2. The predicted molar refractivity (Wildman–Crippen MR) is 116 cm³/mol. The van der Waals surface area contributed by atoms with Crippen molar-refractivity contribution < 1.29 is 22.8 Å². The van der Waals surface area contributed by atoms with Crippen LogP contribution in [0.3, 0.4) is 0 Å². The molecule has 1 N–H and O–H groups in total. The van der Waals surface area contributed by atoms with Crippen molar-refractivity contribution >= 4 is 45.2 Å². The summed E-state index contributed by atoms with van der Waals surface area (Å²) >= 11 is 8.95. The summed E-state index contributed by atoms with van der Waals surface area (Å²) in [4.78, 5) is 28.7. The van der Waals surface area contributed by atoms with E-state index < -0.39 is 23.8 Å². The molecule has 1 saturated heterocycles. The second-order valence-corrected chi connectivity index (χ2v) is 8.59. The minimum atomic E-state index is -4.48. The van der Waals surface area contributed by atoms with Crippen LogP contribution in [0.25, 0.3) is 0 Å². The van der Waals surface area contributed by atoms with Crippen molar-refractivity contribution in [2.75, 3.05) is 18.9 Å². The minimum absolute atomic E-state index is 0.109. The summed E-state index contributed by atoms with van der Waals surface area (Å²) in [5, 5.41) is 3.20. The van der Waals surface area contributed by atoms with Gasteiger partial charge in [0.1, 0.15) is 6.04 Å². The number of halogens is 5. The monoisotopic (exact) mass is 517 g/mol. The number of alkyl halides is 3. The summed E-state index contributed by atoms with van der Waals surface area (Å²) in [5.74, 6) is -0.200. The second-order valence-electron chi connectivity index (χ2n) is 7.29. The Hall–Kier alpha value is -2.26. The van der Waals surface area contributed by atoms with Crippen LogP contribution in [0.15, 0.2) is 46.9 Å². The van der Waals surface area contributed by atoms with Crippen molar-refractivity contribution in [3.8, 4) is 0 Å². The first kappa shape index (κ1) is 23.4. The molecule has 0 aliphatic carbocycles. The zero-order valence-electron chi connectivity index (χ0n) is 16.5. The molecule has 0 aromatic heterocycles. The van der Waals surface area contributed by atoms with Gasteiger partial charge >= 0.3 is 12.2 Å². The third-order valence-electron chi connectivity index (χ3n) is 5.05. The number of anilines is 1. The molecule has 0 radical (unpaired) electrons. The Morgan fingerprint density at radius 1 is 1.23 bits per heavy atom. The maximum absolute atomic E-state index is 12.9. The third kappa shape index (κ3) is 5.71. The zero-order chi connectivity index (χ0) is 22.8. The quantitative estimate of drug-likeness (QED) is 0.558. The summed E-state index contributed by atoms with van der Waals surface area (Å²) in [7, 11) is 1.66. The fourth-order valence-electron chi connectivity index (χ4n) is 3.44. The summed E-state index contributed by atoms with van der Waals surface area (Å²) in [6, 6.07) is 8.96. The van der Waals surface area contributed by atoms with Gasteiger partial charge in [0.2, 0.25) is 5.91 Å². The molecule has 166 valence electrons. The smallest absolute Gasteiger partial charge is 0.340 e. The first-order valence-electron chi connectivity index (χ1n) is 9.50. The molecule has 1 fully saturated rings. The number of likely N-dealkylation sites (tertiary alicyclic amines) is 1. The average molecular weight is 519 g/mol. The Morgan fingerprint density at radius 3 is 2.52 bits per heavy atom. The normalized spacial score (nSPS) is 16.3. The van der Waals surface area contributed by atoms with Crippen molar-refractivity contribution in [3.63, 3.8) is 0 Å². The van der Waals surface area contributed by atoms with E-state index in [-0.39, 0.29) is 16.1 Å². The number of nitrogens with one attached hydrogen (secondary N) is 1. The van der Waals surface area contributed by atoms with E-state index in [9.17, 15) is 22.8 Å². The lowest BCUT2D eigenvalue weighted by atomic mass is 10.1. The Balaban J connectivity index is 1.67. The first-order valence-corrected chi connectivity index (χ1v) is 10.7. The van der Waals surface area contributed by atoms with E-state index in [2.05, 4.69) is 21.2 Å². The average Bonchev–Trinajstić information content (AvgIpc) is 3.19. The van der Waals surface area contributed by atoms with Crippen molar-refractivity contribution in [2.24, 2.45) is 0 Å². The maximum atomic E-state index is 12.9. The fraction of sp³-hybridized carbons (Fsp3) is 0.333. The number of carbonyl (C=O) groups excluding carboxylic acids is 2. The van der Waals surface area contributed by atoms with Crippen LogP contribution in [-0.2, 0) is 17.5 Å². The summed E-state index contributed by atoms with van der Waals surface area (Å²) in [6.07, 6.45) is -3.30. The van der Waals surface area contributed by atoms with Gasteiger partial charge in [-0.3, -0.25) is 4.79 Å². The highest BCUT2D eigenvalue weighted by Crippen LogP contribution is 2.34. The van der Waals surface area contributed by atoms with Crippen LogP contribution >= 0.6 is 27.5 Å². The molecule has 1 unspecified atom stereocenters. The molecular weight excluding hydrogens is 499 g/mol. The van der Waals surface area contributed by atoms with Crippen molar-refractivity contribution in [2.45, 2.75) is 31.6 Å². The van der Waals surface area contributed by atoms with Gasteiger partial charge < -0.3 is 15.1 Å². The minimum Gasteiger partial charge on any atom is -0.340 e. The molecule has 31 heavy (non-hydrogen) atoms. The molecule has 3 amide bonds. The topological polar surface area (TPSA) is 52.7 Å². The predicted octanol–water partition coefficient (Wildman–Crippen LogP) is 5.78. The highest BCUT2D eigenvalue weighted by Gasteiger charge is 2.36. The van der Waals surface area contributed by atoms with Crippen LogP contribution in [0.2, 0.25) is 5.02 Å². The van der Waals surface area contributed by atoms with Crippen molar-refractivity contribution in [3.05, 3.63) is 63.1 Å². The van der Waals surface area contributed by atoms with Crippen LogP contribution < -0.4 is 5.32 Å². The van der Waals surface area contributed by atoms with E-state index in [0.717, 1.165) is 17.7 Å². The molecule has 1 aliphatic rings.